The summed E-state index contributed by atoms with van der Waals surface area (Å²) in [6.07, 6.45) is 1.20. The van der Waals surface area contributed by atoms with Crippen LogP contribution in [0.2, 0.25) is 0 Å². The zero-order valence-corrected chi connectivity index (χ0v) is 13.1. The van der Waals surface area contributed by atoms with Gasteiger partial charge in [0.2, 0.25) is 0 Å². The molecule has 0 unspecified atom stereocenters. The van der Waals surface area contributed by atoms with E-state index in [1.807, 2.05) is 6.07 Å². The predicted octanol–water partition coefficient (Wildman–Crippen LogP) is 1.89. The van der Waals surface area contributed by atoms with Crippen molar-refractivity contribution < 1.29 is 14.8 Å². The number of nitro groups is 1. The zero-order valence-electron chi connectivity index (χ0n) is 12.3. The number of anilines is 1. The Morgan fingerprint density at radius 2 is 2.29 bits per heavy atom. The third-order valence-corrected chi connectivity index (χ3v) is 4.19. The Balaban J connectivity index is 2.15. The van der Waals surface area contributed by atoms with Gasteiger partial charge < -0.3 is 10.8 Å². The van der Waals surface area contributed by atoms with Crippen molar-refractivity contribution in [1.82, 2.24) is 5.43 Å². The van der Waals surface area contributed by atoms with Gasteiger partial charge in [-0.3, -0.25) is 14.9 Å². The number of aromatic hydroxyl groups is 1. The number of phenols is 1. The molecule has 2 aromatic rings. The van der Waals surface area contributed by atoms with Crippen LogP contribution >= 0.6 is 11.3 Å². The largest absolute Gasteiger partial charge is 0.502 e. The monoisotopic (exact) mass is 345 g/mol. The van der Waals surface area contributed by atoms with Gasteiger partial charge in [-0.2, -0.15) is 10.4 Å². The van der Waals surface area contributed by atoms with Crippen molar-refractivity contribution in [2.75, 3.05) is 5.73 Å². The molecule has 1 aromatic heterocycles. The van der Waals surface area contributed by atoms with E-state index < -0.39 is 22.3 Å². The van der Waals surface area contributed by atoms with E-state index in [0.717, 1.165) is 23.5 Å². The fourth-order valence-corrected chi connectivity index (χ4v) is 2.79. The minimum Gasteiger partial charge on any atom is -0.502 e. The molecule has 1 amide bonds. The lowest BCUT2D eigenvalue weighted by atomic mass is 10.2. The Kier molecular flexibility index (Phi) is 4.76. The molecule has 2 rings (SSSR count). The second-order valence-corrected chi connectivity index (χ2v) is 5.66. The predicted molar refractivity (Wildman–Crippen MR) is 88.0 cm³/mol. The van der Waals surface area contributed by atoms with Gasteiger partial charge in [-0.15, -0.1) is 11.3 Å². The molecule has 0 aliphatic rings. The fourth-order valence-electron chi connectivity index (χ4n) is 1.87. The van der Waals surface area contributed by atoms with Gasteiger partial charge in [0, 0.05) is 11.6 Å². The number of thiophene rings is 1. The summed E-state index contributed by atoms with van der Waals surface area (Å²) in [6, 6.07) is 5.60. The number of rotatable bonds is 4. The average molecular weight is 345 g/mol. The van der Waals surface area contributed by atoms with E-state index in [1.54, 1.807) is 6.92 Å². The number of hydrogen-bond acceptors (Lipinski definition) is 8. The van der Waals surface area contributed by atoms with E-state index in [0.29, 0.717) is 11.1 Å². The van der Waals surface area contributed by atoms with Crippen molar-refractivity contribution in [3.8, 4) is 11.8 Å². The minimum absolute atomic E-state index is 0.248. The van der Waals surface area contributed by atoms with Crippen LogP contribution in [0.15, 0.2) is 23.3 Å². The molecule has 122 valence electrons. The van der Waals surface area contributed by atoms with Gasteiger partial charge in [0.25, 0.3) is 5.91 Å². The molecule has 0 saturated carbocycles. The van der Waals surface area contributed by atoms with Crippen LogP contribution in [-0.4, -0.2) is 22.2 Å². The number of benzene rings is 1. The van der Waals surface area contributed by atoms with Crippen LogP contribution in [-0.2, 0) is 0 Å². The lowest BCUT2D eigenvalue weighted by molar-refractivity contribution is -0.385. The van der Waals surface area contributed by atoms with Crippen molar-refractivity contribution in [2.24, 2.45) is 5.10 Å². The molecule has 24 heavy (non-hydrogen) atoms. The Hall–Kier alpha value is -3.45. The molecular formula is C14H11N5O4S. The Morgan fingerprint density at radius 1 is 1.58 bits per heavy atom. The second kappa shape index (κ2) is 6.76. The van der Waals surface area contributed by atoms with E-state index in [4.69, 9.17) is 11.0 Å². The molecule has 0 fully saturated rings. The zero-order chi connectivity index (χ0) is 17.9. The quantitative estimate of drug-likeness (QED) is 0.436. The van der Waals surface area contributed by atoms with Crippen LogP contribution in [0.1, 0.15) is 26.4 Å². The topological polar surface area (TPSA) is 155 Å². The molecule has 1 heterocycles. The molecule has 0 saturated heterocycles. The number of amides is 1. The summed E-state index contributed by atoms with van der Waals surface area (Å²) in [5, 5.41) is 33.0. The van der Waals surface area contributed by atoms with Crippen molar-refractivity contribution >= 4 is 34.1 Å². The number of nitrogens with one attached hydrogen (secondary N) is 1. The van der Waals surface area contributed by atoms with E-state index in [-0.39, 0.29) is 15.4 Å². The third kappa shape index (κ3) is 3.31. The van der Waals surface area contributed by atoms with Crippen molar-refractivity contribution in [2.45, 2.75) is 6.92 Å². The summed E-state index contributed by atoms with van der Waals surface area (Å²) in [6.45, 7) is 1.60. The normalized spacial score (nSPS) is 10.5. The molecule has 9 nitrogen and oxygen atoms in total. The van der Waals surface area contributed by atoms with Gasteiger partial charge in [0.15, 0.2) is 5.75 Å². The summed E-state index contributed by atoms with van der Waals surface area (Å²) in [5.74, 6) is -1.01. The van der Waals surface area contributed by atoms with Crippen LogP contribution < -0.4 is 11.2 Å². The van der Waals surface area contributed by atoms with E-state index in [9.17, 15) is 20.0 Å². The van der Waals surface area contributed by atoms with Crippen molar-refractivity contribution in [1.29, 1.82) is 5.26 Å². The fraction of sp³-hybridized carbons (Fsp3) is 0.0714. The maximum atomic E-state index is 12.0. The summed E-state index contributed by atoms with van der Waals surface area (Å²) in [4.78, 5) is 22.3. The molecule has 0 aliphatic carbocycles. The van der Waals surface area contributed by atoms with Gasteiger partial charge in [-0.1, -0.05) is 0 Å². The third-order valence-electron chi connectivity index (χ3n) is 3.07. The molecule has 1 aromatic carbocycles. The summed E-state index contributed by atoms with van der Waals surface area (Å²) in [7, 11) is 0. The average Bonchev–Trinajstić information content (AvgIpc) is 2.82. The van der Waals surface area contributed by atoms with E-state index in [2.05, 4.69) is 10.5 Å². The van der Waals surface area contributed by atoms with Crippen molar-refractivity contribution in [3.63, 3.8) is 0 Å². The van der Waals surface area contributed by atoms with Crippen molar-refractivity contribution in [3.05, 3.63) is 49.9 Å². The minimum atomic E-state index is -0.730. The number of hydrogen-bond donors (Lipinski definition) is 3. The maximum absolute atomic E-state index is 12.0. The number of nitrogen functional groups attached to an aromatic ring is 1. The highest BCUT2D eigenvalue weighted by atomic mass is 32.1. The smallest absolute Gasteiger partial charge is 0.311 e. The number of carbonyl (C=O) groups excluding carboxylic acids is 1. The first-order valence-electron chi connectivity index (χ1n) is 6.45. The molecule has 0 spiro atoms. The lowest BCUT2D eigenvalue weighted by Crippen LogP contribution is -2.17. The number of carbonyl (C=O) groups is 1. The lowest BCUT2D eigenvalue weighted by Gasteiger charge is -1.99. The van der Waals surface area contributed by atoms with Gasteiger partial charge in [-0.05, 0) is 24.6 Å². The molecule has 10 heteroatoms. The van der Waals surface area contributed by atoms with Gasteiger partial charge in [0.05, 0.1) is 16.7 Å². The first kappa shape index (κ1) is 16.9. The second-order valence-electron chi connectivity index (χ2n) is 4.61. The number of nitro benzene ring substituents is 1. The number of nitriles is 1. The van der Waals surface area contributed by atoms with Crippen LogP contribution in [0.4, 0.5) is 10.7 Å². The highest BCUT2D eigenvalue weighted by Crippen LogP contribution is 2.29. The number of nitrogens with two attached hydrogens (primary N) is 1. The standard InChI is InChI=1S/C14H11N5O4S/c1-7-9(5-15)13(16)24-12(7)14(21)18-17-6-8-2-3-11(20)10(4-8)19(22)23/h2-4,6,20H,16H2,1H3,(H,18,21)/b17-6+. The van der Waals surface area contributed by atoms with Crippen LogP contribution in [0.5, 0.6) is 5.75 Å². The molecule has 0 bridgehead atoms. The van der Waals surface area contributed by atoms with Crippen LogP contribution in [0.25, 0.3) is 0 Å². The first-order chi connectivity index (χ1) is 11.3. The SMILES string of the molecule is Cc1c(C(=O)N/N=C/c2ccc(O)c([N+](=O)[O-])c2)sc(N)c1C#N. The number of phenolic OH excluding ortho intramolecular Hbond substituents is 1. The van der Waals surface area contributed by atoms with Gasteiger partial charge in [0.1, 0.15) is 15.9 Å². The Morgan fingerprint density at radius 3 is 2.88 bits per heavy atom. The van der Waals surface area contributed by atoms with Gasteiger partial charge >= 0.3 is 5.69 Å². The summed E-state index contributed by atoms with van der Waals surface area (Å²) in [5.41, 5.74) is 8.49. The molecule has 0 radical (unpaired) electrons. The molecule has 4 N–H and O–H groups in total. The molecule has 0 aliphatic heterocycles. The highest BCUT2D eigenvalue weighted by molar-refractivity contribution is 7.18. The maximum Gasteiger partial charge on any atom is 0.311 e. The molecule has 0 atom stereocenters. The Bertz CT molecular complexity index is 897. The summed E-state index contributed by atoms with van der Waals surface area (Å²) < 4.78 is 0. The Labute approximate surface area is 139 Å². The highest BCUT2D eigenvalue weighted by Gasteiger charge is 2.18. The number of hydrazone groups is 1. The van der Waals surface area contributed by atoms with Crippen LogP contribution in [0, 0.1) is 28.4 Å². The van der Waals surface area contributed by atoms with Gasteiger partial charge in [-0.25, -0.2) is 5.43 Å². The molecular weight excluding hydrogens is 334 g/mol. The van der Waals surface area contributed by atoms with E-state index in [1.165, 1.54) is 12.3 Å². The number of nitrogens with zero attached hydrogens (tertiary/aromatic N) is 3. The van der Waals surface area contributed by atoms with E-state index >= 15 is 0 Å². The van der Waals surface area contributed by atoms with Crippen LogP contribution in [0.3, 0.4) is 0 Å². The first-order valence-corrected chi connectivity index (χ1v) is 7.26. The summed E-state index contributed by atoms with van der Waals surface area (Å²) >= 11 is 0.975.